The fraction of sp³-hybridized carbons (Fsp3) is 0.556. The van der Waals surface area contributed by atoms with Gasteiger partial charge in [-0.15, -0.1) is 11.3 Å². The second-order valence-corrected chi connectivity index (χ2v) is 7.60. The summed E-state index contributed by atoms with van der Waals surface area (Å²) in [5.74, 6) is 0.102. The van der Waals surface area contributed by atoms with Crippen LogP contribution in [0, 0.1) is 0 Å². The van der Waals surface area contributed by atoms with Gasteiger partial charge in [-0.25, -0.2) is 4.98 Å². The van der Waals surface area contributed by atoms with Crippen LogP contribution in [0.3, 0.4) is 0 Å². The number of anilines is 1. The number of hydrogen-bond acceptors (Lipinski definition) is 4. The van der Waals surface area contributed by atoms with Gasteiger partial charge >= 0.3 is 0 Å². The topological polar surface area (TPSA) is 59.2 Å². The van der Waals surface area contributed by atoms with E-state index in [1.54, 1.807) is 0 Å². The molecule has 0 saturated carbocycles. The maximum absolute atomic E-state index is 12.8. The van der Waals surface area contributed by atoms with E-state index in [0.29, 0.717) is 10.6 Å². The Bertz CT molecular complexity index is 774. The molecule has 1 amide bonds. The van der Waals surface area contributed by atoms with Crippen molar-refractivity contribution in [3.8, 4) is 0 Å². The van der Waals surface area contributed by atoms with Crippen molar-refractivity contribution in [2.75, 3.05) is 18.8 Å². The van der Waals surface area contributed by atoms with Crippen molar-refractivity contribution < 1.29 is 4.79 Å². The highest BCUT2D eigenvalue weighted by molar-refractivity contribution is 7.21. The molecule has 0 radical (unpaired) electrons. The third-order valence-corrected chi connectivity index (χ3v) is 6.29. The van der Waals surface area contributed by atoms with Gasteiger partial charge in [-0.3, -0.25) is 4.79 Å². The summed E-state index contributed by atoms with van der Waals surface area (Å²) in [6.45, 7) is 3.88. The lowest BCUT2D eigenvalue weighted by molar-refractivity contribution is 0.0798. The van der Waals surface area contributed by atoms with E-state index in [2.05, 4.69) is 6.92 Å². The summed E-state index contributed by atoms with van der Waals surface area (Å²) in [7, 11) is 0. The summed E-state index contributed by atoms with van der Waals surface area (Å²) in [4.78, 5) is 21.3. The van der Waals surface area contributed by atoms with E-state index in [0.717, 1.165) is 55.4 Å². The first-order chi connectivity index (χ1) is 11.2. The number of aryl methyl sites for hydroxylation is 2. The molecule has 1 aliphatic heterocycles. The first kappa shape index (κ1) is 14.9. The largest absolute Gasteiger partial charge is 0.397 e. The highest BCUT2D eigenvalue weighted by atomic mass is 32.1. The fourth-order valence-corrected chi connectivity index (χ4v) is 5.12. The van der Waals surface area contributed by atoms with Crippen LogP contribution in [0.2, 0.25) is 0 Å². The lowest BCUT2D eigenvalue weighted by Gasteiger charge is -2.19. The number of amides is 1. The van der Waals surface area contributed by atoms with Crippen LogP contribution < -0.4 is 5.73 Å². The normalized spacial score (nSPS) is 17.7. The van der Waals surface area contributed by atoms with Gasteiger partial charge < -0.3 is 10.6 Å². The molecule has 1 aliphatic carbocycles. The molecule has 4 nitrogen and oxygen atoms in total. The first-order valence-corrected chi connectivity index (χ1v) is 9.54. The van der Waals surface area contributed by atoms with Crippen LogP contribution in [0.15, 0.2) is 0 Å². The van der Waals surface area contributed by atoms with Crippen LogP contribution in [-0.2, 0) is 19.3 Å². The summed E-state index contributed by atoms with van der Waals surface area (Å²) in [6.07, 6.45) is 7.77. The minimum atomic E-state index is 0.102. The summed E-state index contributed by atoms with van der Waals surface area (Å²) in [6, 6.07) is 0. The SMILES string of the molecule is CCc1nc2sc(C(=O)N3CCCC3)c(N)c2c2c1CCCC2. The maximum atomic E-state index is 12.8. The molecule has 2 aliphatic rings. The second kappa shape index (κ2) is 5.78. The number of nitrogens with zero attached hydrogens (tertiary/aromatic N) is 2. The van der Waals surface area contributed by atoms with Gasteiger partial charge in [0.2, 0.25) is 0 Å². The van der Waals surface area contributed by atoms with Gasteiger partial charge in [0.1, 0.15) is 9.71 Å². The quantitative estimate of drug-likeness (QED) is 0.916. The van der Waals surface area contributed by atoms with Gasteiger partial charge in [-0.05, 0) is 56.1 Å². The Hall–Kier alpha value is -1.62. The molecule has 3 heterocycles. The summed E-state index contributed by atoms with van der Waals surface area (Å²) in [5.41, 5.74) is 11.1. The number of fused-ring (bicyclic) bond motifs is 3. The number of rotatable bonds is 2. The van der Waals surface area contributed by atoms with Crippen molar-refractivity contribution in [3.63, 3.8) is 0 Å². The molecule has 4 rings (SSSR count). The molecule has 0 aromatic carbocycles. The van der Waals surface area contributed by atoms with Gasteiger partial charge in [0.15, 0.2) is 0 Å². The molecule has 2 aromatic rings. The number of likely N-dealkylation sites (tertiary alicyclic amines) is 1. The molecule has 1 saturated heterocycles. The van der Waals surface area contributed by atoms with Crippen LogP contribution in [-0.4, -0.2) is 28.9 Å². The van der Waals surface area contributed by atoms with E-state index in [4.69, 9.17) is 10.7 Å². The summed E-state index contributed by atoms with van der Waals surface area (Å²) >= 11 is 1.49. The van der Waals surface area contributed by atoms with Crippen molar-refractivity contribution in [1.82, 2.24) is 9.88 Å². The predicted molar refractivity (Wildman–Crippen MR) is 95.2 cm³/mol. The zero-order chi connectivity index (χ0) is 16.0. The molecular formula is C18H23N3OS. The average molecular weight is 329 g/mol. The number of hydrogen-bond donors (Lipinski definition) is 1. The van der Waals surface area contributed by atoms with E-state index >= 15 is 0 Å². The molecule has 0 unspecified atom stereocenters. The molecule has 1 fully saturated rings. The maximum Gasteiger partial charge on any atom is 0.266 e. The molecular weight excluding hydrogens is 306 g/mol. The summed E-state index contributed by atoms with van der Waals surface area (Å²) < 4.78 is 0. The van der Waals surface area contributed by atoms with Crippen molar-refractivity contribution >= 4 is 33.1 Å². The molecule has 2 aromatic heterocycles. The molecule has 0 bridgehead atoms. The van der Waals surface area contributed by atoms with E-state index in [1.807, 2.05) is 4.90 Å². The van der Waals surface area contributed by atoms with E-state index in [9.17, 15) is 4.79 Å². The van der Waals surface area contributed by atoms with E-state index in [1.165, 1.54) is 41.0 Å². The van der Waals surface area contributed by atoms with Crippen LogP contribution >= 0.6 is 11.3 Å². The van der Waals surface area contributed by atoms with Gasteiger partial charge in [-0.1, -0.05) is 6.92 Å². The summed E-state index contributed by atoms with van der Waals surface area (Å²) in [5, 5.41) is 1.07. The van der Waals surface area contributed by atoms with E-state index < -0.39 is 0 Å². The van der Waals surface area contributed by atoms with Crippen molar-refractivity contribution in [2.24, 2.45) is 0 Å². The zero-order valence-electron chi connectivity index (χ0n) is 13.7. The number of nitrogens with two attached hydrogens (primary N) is 1. The Labute approximate surface area is 140 Å². The van der Waals surface area contributed by atoms with Crippen LogP contribution in [0.1, 0.15) is 59.1 Å². The van der Waals surface area contributed by atoms with Gasteiger partial charge in [-0.2, -0.15) is 0 Å². The van der Waals surface area contributed by atoms with Crippen LogP contribution in [0.4, 0.5) is 5.69 Å². The molecule has 0 spiro atoms. The Kier molecular flexibility index (Phi) is 3.76. The Morgan fingerprint density at radius 3 is 2.57 bits per heavy atom. The molecule has 0 atom stereocenters. The Morgan fingerprint density at radius 2 is 1.87 bits per heavy atom. The van der Waals surface area contributed by atoms with Gasteiger partial charge in [0, 0.05) is 24.2 Å². The smallest absolute Gasteiger partial charge is 0.266 e. The first-order valence-electron chi connectivity index (χ1n) is 8.72. The Morgan fingerprint density at radius 1 is 1.17 bits per heavy atom. The molecule has 122 valence electrons. The third-order valence-electron chi connectivity index (χ3n) is 5.20. The number of thiophene rings is 1. The highest BCUT2D eigenvalue weighted by Gasteiger charge is 2.27. The number of nitrogen functional groups attached to an aromatic ring is 1. The minimum absolute atomic E-state index is 0.102. The zero-order valence-corrected chi connectivity index (χ0v) is 14.5. The minimum Gasteiger partial charge on any atom is -0.397 e. The van der Waals surface area contributed by atoms with Crippen molar-refractivity contribution in [3.05, 3.63) is 21.7 Å². The standard InChI is InChI=1S/C18H23N3OS/c1-2-13-11-7-3-4-8-12(11)14-15(19)16(23-17(14)20-13)18(22)21-9-5-6-10-21/h2-10,19H2,1H3. The van der Waals surface area contributed by atoms with Crippen molar-refractivity contribution in [1.29, 1.82) is 0 Å². The van der Waals surface area contributed by atoms with Crippen molar-refractivity contribution in [2.45, 2.75) is 51.9 Å². The van der Waals surface area contributed by atoms with Gasteiger partial charge in [0.05, 0.1) is 5.69 Å². The van der Waals surface area contributed by atoms with Crippen LogP contribution in [0.25, 0.3) is 10.2 Å². The average Bonchev–Trinajstić information content (AvgIpc) is 3.22. The lowest BCUT2D eigenvalue weighted by Crippen LogP contribution is -2.27. The molecule has 5 heteroatoms. The monoisotopic (exact) mass is 329 g/mol. The Balaban J connectivity index is 1.88. The second-order valence-electron chi connectivity index (χ2n) is 6.60. The van der Waals surface area contributed by atoms with Gasteiger partial charge in [0.25, 0.3) is 5.91 Å². The number of pyridine rings is 1. The highest BCUT2D eigenvalue weighted by Crippen LogP contribution is 2.40. The fourth-order valence-electron chi connectivity index (χ4n) is 4.01. The third kappa shape index (κ3) is 2.33. The molecule has 23 heavy (non-hydrogen) atoms. The van der Waals surface area contributed by atoms with E-state index in [-0.39, 0.29) is 5.91 Å². The number of aromatic nitrogens is 1. The predicted octanol–water partition coefficient (Wildman–Crippen LogP) is 3.56. The number of carbonyl (C=O) groups is 1. The lowest BCUT2D eigenvalue weighted by atomic mass is 9.88. The molecule has 2 N–H and O–H groups in total. The van der Waals surface area contributed by atoms with Crippen LogP contribution in [0.5, 0.6) is 0 Å². The number of carbonyl (C=O) groups excluding carboxylic acids is 1.